The van der Waals surface area contributed by atoms with Gasteiger partial charge in [-0.3, -0.25) is 0 Å². The second kappa shape index (κ2) is 7.48. The van der Waals surface area contributed by atoms with E-state index in [1.807, 2.05) is 0 Å². The van der Waals surface area contributed by atoms with Crippen molar-refractivity contribution < 1.29 is 31.9 Å². The van der Waals surface area contributed by atoms with Gasteiger partial charge < -0.3 is 13.9 Å². The molecule has 0 aliphatic heterocycles. The Morgan fingerprint density at radius 3 is 2.52 bits per heavy atom. The molecular formula is C18H13F3N2O4. The van der Waals surface area contributed by atoms with Gasteiger partial charge in [0.2, 0.25) is 5.89 Å². The number of carbonyl (C=O) groups is 1. The van der Waals surface area contributed by atoms with Crippen LogP contribution in [0.2, 0.25) is 0 Å². The smallest absolute Gasteiger partial charge is 0.416 e. The van der Waals surface area contributed by atoms with Crippen LogP contribution in [0.25, 0.3) is 11.5 Å². The number of ether oxygens (including phenoxy) is 2. The normalized spacial score (nSPS) is 11.3. The summed E-state index contributed by atoms with van der Waals surface area (Å²) in [5.74, 6) is -0.0391. The van der Waals surface area contributed by atoms with Gasteiger partial charge in [0.25, 0.3) is 5.89 Å². The van der Waals surface area contributed by atoms with E-state index in [0.29, 0.717) is 11.3 Å². The van der Waals surface area contributed by atoms with E-state index in [-0.39, 0.29) is 24.0 Å². The zero-order valence-corrected chi connectivity index (χ0v) is 14.0. The monoisotopic (exact) mass is 378 g/mol. The number of nitrogens with zero attached hydrogens (tertiary/aromatic N) is 2. The molecular weight excluding hydrogens is 365 g/mol. The molecule has 1 heterocycles. The largest absolute Gasteiger partial charge is 0.497 e. The summed E-state index contributed by atoms with van der Waals surface area (Å²) in [6.07, 6.45) is -4.55. The molecule has 0 bridgehead atoms. The maximum Gasteiger partial charge on any atom is 0.416 e. The Labute approximate surface area is 151 Å². The lowest BCUT2D eigenvalue weighted by Gasteiger charge is -2.08. The first kappa shape index (κ1) is 18.4. The van der Waals surface area contributed by atoms with Crippen LogP contribution >= 0.6 is 0 Å². The highest BCUT2D eigenvalue weighted by atomic mass is 19.4. The molecule has 0 radical (unpaired) electrons. The molecule has 6 nitrogen and oxygen atoms in total. The number of benzene rings is 2. The van der Waals surface area contributed by atoms with Crippen LogP contribution < -0.4 is 4.74 Å². The van der Waals surface area contributed by atoms with Gasteiger partial charge >= 0.3 is 12.1 Å². The number of methoxy groups -OCH3 is 1. The van der Waals surface area contributed by atoms with Crippen LogP contribution in [-0.4, -0.2) is 23.3 Å². The van der Waals surface area contributed by atoms with Crippen molar-refractivity contribution in [3.8, 4) is 17.2 Å². The topological polar surface area (TPSA) is 74.5 Å². The Kier molecular flexibility index (Phi) is 5.11. The molecule has 2 aromatic carbocycles. The van der Waals surface area contributed by atoms with Crippen LogP contribution in [-0.2, 0) is 17.5 Å². The van der Waals surface area contributed by atoms with E-state index in [1.165, 1.54) is 6.07 Å². The summed E-state index contributed by atoms with van der Waals surface area (Å²) in [6.45, 7) is -0.363. The summed E-state index contributed by atoms with van der Waals surface area (Å²) in [7, 11) is 1.54. The molecule has 0 atom stereocenters. The van der Waals surface area contributed by atoms with E-state index < -0.39 is 17.7 Å². The number of carbonyl (C=O) groups excluding carboxylic acids is 1. The predicted molar refractivity (Wildman–Crippen MR) is 86.8 cm³/mol. The summed E-state index contributed by atoms with van der Waals surface area (Å²) < 4.78 is 53.5. The highest BCUT2D eigenvalue weighted by molar-refractivity contribution is 5.89. The Bertz CT molecular complexity index is 936. The average Bonchev–Trinajstić information content (AvgIpc) is 3.14. The van der Waals surface area contributed by atoms with Crippen LogP contribution in [0.15, 0.2) is 52.9 Å². The first-order valence-corrected chi connectivity index (χ1v) is 7.68. The molecule has 0 N–H and O–H groups in total. The molecule has 9 heteroatoms. The molecule has 0 saturated carbocycles. The van der Waals surface area contributed by atoms with E-state index in [1.54, 1.807) is 31.4 Å². The van der Waals surface area contributed by atoms with Gasteiger partial charge in [-0.2, -0.15) is 13.2 Å². The van der Waals surface area contributed by atoms with E-state index in [4.69, 9.17) is 13.9 Å². The second-order valence-electron chi connectivity index (χ2n) is 5.38. The Morgan fingerprint density at radius 1 is 1.11 bits per heavy atom. The van der Waals surface area contributed by atoms with Crippen molar-refractivity contribution in [1.82, 2.24) is 10.2 Å². The quantitative estimate of drug-likeness (QED) is 0.622. The molecule has 0 aliphatic rings. The fourth-order valence-corrected chi connectivity index (χ4v) is 2.20. The molecule has 3 rings (SSSR count). The number of rotatable bonds is 5. The van der Waals surface area contributed by atoms with Crippen LogP contribution in [0.3, 0.4) is 0 Å². The van der Waals surface area contributed by atoms with Gasteiger partial charge in [0, 0.05) is 5.56 Å². The van der Waals surface area contributed by atoms with Crippen molar-refractivity contribution in [2.75, 3.05) is 7.11 Å². The molecule has 0 saturated heterocycles. The Balaban J connectivity index is 1.65. The highest BCUT2D eigenvalue weighted by Crippen LogP contribution is 2.29. The van der Waals surface area contributed by atoms with Crippen molar-refractivity contribution in [2.24, 2.45) is 0 Å². The summed E-state index contributed by atoms with van der Waals surface area (Å²) in [4.78, 5) is 12.0. The van der Waals surface area contributed by atoms with Gasteiger partial charge in [-0.05, 0) is 42.5 Å². The predicted octanol–water partition coefficient (Wildman–Crippen LogP) is 4.12. The van der Waals surface area contributed by atoms with E-state index in [0.717, 1.165) is 18.2 Å². The Morgan fingerprint density at radius 2 is 1.85 bits per heavy atom. The van der Waals surface area contributed by atoms with Gasteiger partial charge in [-0.1, -0.05) is 6.07 Å². The van der Waals surface area contributed by atoms with Gasteiger partial charge in [0.15, 0.2) is 6.61 Å². The third-order valence-electron chi connectivity index (χ3n) is 3.56. The number of alkyl halides is 3. The number of esters is 1. The van der Waals surface area contributed by atoms with Crippen LogP contribution in [0.1, 0.15) is 21.8 Å². The van der Waals surface area contributed by atoms with Gasteiger partial charge in [-0.15, -0.1) is 10.2 Å². The minimum atomic E-state index is -4.55. The summed E-state index contributed by atoms with van der Waals surface area (Å²) in [5, 5.41) is 7.59. The van der Waals surface area contributed by atoms with E-state index in [9.17, 15) is 18.0 Å². The Hall–Kier alpha value is -3.36. The van der Waals surface area contributed by atoms with Gasteiger partial charge in [0.05, 0.1) is 18.2 Å². The van der Waals surface area contributed by atoms with Crippen LogP contribution in [0.5, 0.6) is 5.75 Å². The number of halogens is 3. The lowest BCUT2D eigenvalue weighted by Crippen LogP contribution is -2.09. The lowest BCUT2D eigenvalue weighted by atomic mass is 10.1. The molecule has 27 heavy (non-hydrogen) atoms. The van der Waals surface area contributed by atoms with Gasteiger partial charge in [0.1, 0.15) is 5.75 Å². The van der Waals surface area contributed by atoms with Gasteiger partial charge in [-0.25, -0.2) is 4.79 Å². The lowest BCUT2D eigenvalue weighted by molar-refractivity contribution is -0.137. The van der Waals surface area contributed by atoms with Crippen LogP contribution in [0, 0.1) is 0 Å². The molecule has 0 amide bonds. The molecule has 0 spiro atoms. The first-order chi connectivity index (χ1) is 12.9. The standard InChI is InChI=1S/C18H13F3N2O4/c1-25-14-7-5-11(6-8-14)16-23-22-15(27-16)10-26-17(24)12-3-2-4-13(9-12)18(19,20)21/h2-9H,10H2,1H3. The maximum absolute atomic E-state index is 12.7. The number of hydrogen-bond acceptors (Lipinski definition) is 6. The molecule has 3 aromatic rings. The minimum absolute atomic E-state index is 0.0149. The fourth-order valence-electron chi connectivity index (χ4n) is 2.20. The molecule has 0 aliphatic carbocycles. The van der Waals surface area contributed by atoms with Crippen molar-refractivity contribution in [1.29, 1.82) is 0 Å². The summed E-state index contributed by atoms with van der Waals surface area (Å²) >= 11 is 0. The minimum Gasteiger partial charge on any atom is -0.497 e. The van der Waals surface area contributed by atoms with Crippen molar-refractivity contribution in [3.05, 3.63) is 65.5 Å². The zero-order valence-electron chi connectivity index (χ0n) is 14.0. The second-order valence-corrected chi connectivity index (χ2v) is 5.38. The van der Waals surface area contributed by atoms with E-state index in [2.05, 4.69) is 10.2 Å². The number of hydrogen-bond donors (Lipinski definition) is 0. The SMILES string of the molecule is COc1ccc(-c2nnc(COC(=O)c3cccc(C(F)(F)F)c3)o2)cc1. The summed E-state index contributed by atoms with van der Waals surface area (Å²) in [5.41, 5.74) is -0.519. The van der Waals surface area contributed by atoms with Crippen molar-refractivity contribution in [3.63, 3.8) is 0 Å². The maximum atomic E-state index is 12.7. The highest BCUT2D eigenvalue weighted by Gasteiger charge is 2.31. The third-order valence-corrected chi connectivity index (χ3v) is 3.56. The molecule has 0 fully saturated rings. The average molecular weight is 378 g/mol. The molecule has 140 valence electrons. The number of aromatic nitrogens is 2. The first-order valence-electron chi connectivity index (χ1n) is 7.68. The van der Waals surface area contributed by atoms with Crippen molar-refractivity contribution in [2.45, 2.75) is 12.8 Å². The molecule has 0 unspecified atom stereocenters. The third kappa shape index (κ3) is 4.43. The van der Waals surface area contributed by atoms with Crippen LogP contribution in [0.4, 0.5) is 13.2 Å². The fraction of sp³-hybridized carbons (Fsp3) is 0.167. The van der Waals surface area contributed by atoms with E-state index >= 15 is 0 Å². The molecule has 1 aromatic heterocycles. The summed E-state index contributed by atoms with van der Waals surface area (Å²) in [6, 6.07) is 10.8. The zero-order chi connectivity index (χ0) is 19.4. The van der Waals surface area contributed by atoms with Crippen molar-refractivity contribution >= 4 is 5.97 Å².